The Morgan fingerprint density at radius 2 is 1.31 bits per heavy atom. The molecule has 6 nitrogen and oxygen atoms in total. The van der Waals surface area contributed by atoms with E-state index >= 15 is 0 Å². The fraction of sp³-hybridized carbons (Fsp3) is 0.600. The first-order chi connectivity index (χ1) is 5.95. The van der Waals surface area contributed by atoms with Crippen molar-refractivity contribution in [1.82, 2.24) is 0 Å². The molecule has 0 aliphatic heterocycles. The van der Waals surface area contributed by atoms with Crippen LogP contribution in [0, 0.1) is 0 Å². The van der Waals surface area contributed by atoms with Crippen LogP contribution in [-0.2, 0) is 9.59 Å². The van der Waals surface area contributed by atoms with Crippen LogP contribution in [0.5, 0.6) is 0 Å². The Morgan fingerprint density at radius 3 is 1.54 bits per heavy atom. The van der Waals surface area contributed by atoms with E-state index in [1.807, 2.05) is 0 Å². The number of carbonyl (C=O) groups is 2. The second-order valence-corrected chi connectivity index (χ2v) is 4.33. The Bertz CT molecular complexity index is 175. The van der Waals surface area contributed by atoms with Crippen molar-refractivity contribution in [2.24, 2.45) is 0 Å². The molecular weight excluding hydrogens is 220 g/mol. The van der Waals surface area contributed by atoms with Crippen LogP contribution in [0.25, 0.3) is 0 Å². The summed E-state index contributed by atoms with van der Waals surface area (Å²) in [6, 6.07) is 0. The van der Waals surface area contributed by atoms with Crippen LogP contribution in [0.1, 0.15) is 0 Å². The molecule has 0 aromatic carbocycles. The van der Waals surface area contributed by atoms with Crippen molar-refractivity contribution in [3.63, 3.8) is 0 Å². The average Bonchev–Trinajstić information content (AvgIpc) is 2.03. The number of hydrogen-bond acceptors (Lipinski definition) is 6. The van der Waals surface area contributed by atoms with Gasteiger partial charge < -0.3 is 20.4 Å². The van der Waals surface area contributed by atoms with Crippen molar-refractivity contribution in [1.29, 1.82) is 0 Å². The Hall–Kier alpha value is -0.440. The fourth-order valence-corrected chi connectivity index (χ4v) is 1.94. The maximum absolute atomic E-state index is 10.0. The number of aliphatic carboxylic acids is 2. The molecule has 0 aliphatic carbocycles. The van der Waals surface area contributed by atoms with Gasteiger partial charge in [-0.05, 0) is 0 Å². The highest BCUT2D eigenvalue weighted by molar-refractivity contribution is 8.16. The van der Waals surface area contributed by atoms with Crippen molar-refractivity contribution >= 4 is 35.5 Å². The maximum Gasteiger partial charge on any atom is 0.343 e. The van der Waals surface area contributed by atoms with Gasteiger partial charge in [-0.2, -0.15) is 0 Å². The smallest absolute Gasteiger partial charge is 0.343 e. The largest absolute Gasteiger partial charge is 0.479 e. The lowest BCUT2D eigenvalue weighted by molar-refractivity contribution is -0.142. The van der Waals surface area contributed by atoms with E-state index < -0.39 is 22.8 Å². The SMILES string of the molecule is O=C(O)[C@H](O)SCS[C@@H](O)C(=O)O. The van der Waals surface area contributed by atoms with Crippen molar-refractivity contribution in [2.75, 3.05) is 5.08 Å². The molecule has 76 valence electrons. The number of carboxylic acids is 2. The minimum atomic E-state index is -1.59. The van der Waals surface area contributed by atoms with E-state index in [2.05, 4.69) is 0 Å². The molecule has 0 bridgehead atoms. The maximum atomic E-state index is 10.0. The van der Waals surface area contributed by atoms with Crippen LogP contribution in [0.4, 0.5) is 0 Å². The standard InChI is InChI=1S/C5H8O6S2/c6-2(7)4(10)12-1-13-5(11)3(8)9/h4-5,10-11H,1H2,(H,6,7)(H,8,9)/t4-,5-/m1/s1. The fourth-order valence-electron chi connectivity index (χ4n) is 0.311. The number of thioether (sulfide) groups is 2. The first-order valence-corrected chi connectivity index (χ1v) is 5.10. The summed E-state index contributed by atoms with van der Waals surface area (Å²) in [4.78, 5) is 20.1. The van der Waals surface area contributed by atoms with Gasteiger partial charge in [-0.25, -0.2) is 9.59 Å². The van der Waals surface area contributed by atoms with Gasteiger partial charge in [-0.15, -0.1) is 23.5 Å². The van der Waals surface area contributed by atoms with E-state index in [0.717, 1.165) is 0 Å². The van der Waals surface area contributed by atoms with Crippen molar-refractivity contribution in [3.05, 3.63) is 0 Å². The predicted molar refractivity (Wildman–Crippen MR) is 47.3 cm³/mol. The Balaban J connectivity index is 3.56. The molecule has 0 radical (unpaired) electrons. The molecule has 0 spiro atoms. The molecule has 0 rings (SSSR count). The summed E-state index contributed by atoms with van der Waals surface area (Å²) < 4.78 is 0. The first kappa shape index (κ1) is 12.6. The van der Waals surface area contributed by atoms with Gasteiger partial charge >= 0.3 is 11.9 Å². The van der Waals surface area contributed by atoms with E-state index in [4.69, 9.17) is 20.4 Å². The van der Waals surface area contributed by atoms with Crippen LogP contribution in [0.3, 0.4) is 0 Å². The molecule has 0 saturated heterocycles. The van der Waals surface area contributed by atoms with Crippen molar-refractivity contribution in [2.45, 2.75) is 10.9 Å². The highest BCUT2D eigenvalue weighted by atomic mass is 32.2. The number of aliphatic hydroxyl groups is 2. The number of carboxylic acid groups (broad SMARTS) is 2. The minimum Gasteiger partial charge on any atom is -0.479 e. The normalized spacial score (nSPS) is 14.9. The van der Waals surface area contributed by atoms with Gasteiger partial charge in [0.1, 0.15) is 0 Å². The lowest BCUT2D eigenvalue weighted by atomic mass is 10.7. The molecule has 0 fully saturated rings. The Morgan fingerprint density at radius 1 is 1.00 bits per heavy atom. The quantitative estimate of drug-likeness (QED) is 0.437. The lowest BCUT2D eigenvalue weighted by Gasteiger charge is -2.06. The van der Waals surface area contributed by atoms with E-state index in [1.165, 1.54) is 0 Å². The van der Waals surface area contributed by atoms with Crippen LogP contribution < -0.4 is 0 Å². The third-order valence-corrected chi connectivity index (χ3v) is 3.00. The van der Waals surface area contributed by atoms with Crippen LogP contribution in [-0.4, -0.2) is 48.3 Å². The number of aliphatic hydroxyl groups excluding tert-OH is 2. The third kappa shape index (κ3) is 5.75. The monoisotopic (exact) mass is 228 g/mol. The molecule has 0 amide bonds. The molecule has 8 heteroatoms. The summed E-state index contributed by atoms with van der Waals surface area (Å²) in [5, 5.41) is 33.8. The summed E-state index contributed by atoms with van der Waals surface area (Å²) >= 11 is 1.25. The van der Waals surface area contributed by atoms with E-state index in [9.17, 15) is 9.59 Å². The zero-order chi connectivity index (χ0) is 10.4. The van der Waals surface area contributed by atoms with Gasteiger partial charge in [0, 0.05) is 5.08 Å². The molecular formula is C5H8O6S2. The van der Waals surface area contributed by atoms with Gasteiger partial charge in [-0.1, -0.05) is 0 Å². The molecule has 0 aromatic heterocycles. The summed E-state index contributed by atoms with van der Waals surface area (Å²) in [5.41, 5.74) is -3.18. The molecule has 0 heterocycles. The molecule has 0 unspecified atom stereocenters. The number of rotatable bonds is 6. The van der Waals surface area contributed by atoms with E-state index in [-0.39, 0.29) is 5.08 Å². The number of hydrogen-bond donors (Lipinski definition) is 4. The highest BCUT2D eigenvalue weighted by Crippen LogP contribution is 2.19. The molecule has 2 atom stereocenters. The topological polar surface area (TPSA) is 115 Å². The molecule has 0 aliphatic rings. The zero-order valence-electron chi connectivity index (χ0n) is 6.28. The predicted octanol–water partition coefficient (Wildman–Crippen LogP) is -0.784. The van der Waals surface area contributed by atoms with Gasteiger partial charge in [0.25, 0.3) is 0 Å². The Labute approximate surface area is 81.9 Å². The first-order valence-electron chi connectivity index (χ1n) is 3.00. The summed E-state index contributed by atoms with van der Waals surface area (Å²) in [7, 11) is 0. The molecule has 13 heavy (non-hydrogen) atoms. The van der Waals surface area contributed by atoms with E-state index in [1.54, 1.807) is 0 Å². The van der Waals surface area contributed by atoms with Crippen LogP contribution in [0.2, 0.25) is 0 Å². The van der Waals surface area contributed by atoms with Gasteiger partial charge in [0.15, 0.2) is 10.9 Å². The third-order valence-electron chi connectivity index (χ3n) is 0.874. The zero-order valence-corrected chi connectivity index (χ0v) is 7.92. The van der Waals surface area contributed by atoms with Gasteiger partial charge in [-0.3, -0.25) is 0 Å². The van der Waals surface area contributed by atoms with E-state index in [0.29, 0.717) is 23.5 Å². The van der Waals surface area contributed by atoms with Crippen LogP contribution >= 0.6 is 23.5 Å². The summed E-state index contributed by atoms with van der Waals surface area (Å²) in [5.74, 6) is -2.79. The second kappa shape index (κ2) is 6.08. The van der Waals surface area contributed by atoms with Gasteiger partial charge in [0.2, 0.25) is 0 Å². The minimum absolute atomic E-state index is 0.0130. The summed E-state index contributed by atoms with van der Waals surface area (Å²) in [6.45, 7) is 0. The van der Waals surface area contributed by atoms with Crippen molar-refractivity contribution in [3.8, 4) is 0 Å². The average molecular weight is 228 g/mol. The lowest BCUT2D eigenvalue weighted by Crippen LogP contribution is -2.18. The molecule has 0 saturated carbocycles. The van der Waals surface area contributed by atoms with Crippen LogP contribution in [0.15, 0.2) is 0 Å². The Kier molecular flexibility index (Phi) is 5.88. The molecule has 0 aromatic rings. The second-order valence-electron chi connectivity index (χ2n) is 1.83. The molecule has 4 N–H and O–H groups in total. The highest BCUT2D eigenvalue weighted by Gasteiger charge is 2.17. The van der Waals surface area contributed by atoms with Gasteiger partial charge in [0.05, 0.1) is 0 Å². The van der Waals surface area contributed by atoms with Crippen molar-refractivity contribution < 1.29 is 30.0 Å². The summed E-state index contributed by atoms with van der Waals surface area (Å²) in [6.07, 6.45) is 0.